The van der Waals surface area contributed by atoms with Gasteiger partial charge in [0, 0.05) is 30.7 Å². The lowest BCUT2D eigenvalue weighted by Gasteiger charge is -2.21. The zero-order valence-corrected chi connectivity index (χ0v) is 13.8. The fourth-order valence-corrected chi connectivity index (χ4v) is 3.57. The molecule has 0 aromatic heterocycles. The van der Waals surface area contributed by atoms with Crippen LogP contribution in [0.1, 0.15) is 29.3 Å². The van der Waals surface area contributed by atoms with Crippen LogP contribution < -0.4 is 4.90 Å². The van der Waals surface area contributed by atoms with Gasteiger partial charge in [-0.25, -0.2) is 4.79 Å². The van der Waals surface area contributed by atoms with Crippen LogP contribution in [0.3, 0.4) is 0 Å². The Labute approximate surface area is 137 Å². The molecule has 1 N–H and O–H groups in total. The van der Waals surface area contributed by atoms with E-state index in [1.165, 1.54) is 29.7 Å². The highest BCUT2D eigenvalue weighted by Crippen LogP contribution is 2.34. The summed E-state index contributed by atoms with van der Waals surface area (Å²) in [6.45, 7) is 3.64. The van der Waals surface area contributed by atoms with E-state index in [1.54, 1.807) is 13.0 Å². The number of thioether (sulfide) groups is 1. The van der Waals surface area contributed by atoms with E-state index in [9.17, 15) is 19.5 Å². The molecule has 1 aromatic rings. The molecule has 1 heterocycles. The zero-order chi connectivity index (χ0) is 16.4. The quantitative estimate of drug-likeness (QED) is 0.911. The predicted molar refractivity (Wildman–Crippen MR) is 86.7 cm³/mol. The Kier molecular flexibility index (Phi) is 5.13. The average molecular weight is 342 g/mol. The van der Waals surface area contributed by atoms with E-state index in [4.69, 9.17) is 11.6 Å². The van der Waals surface area contributed by atoms with Crippen molar-refractivity contribution in [3.05, 3.63) is 28.3 Å². The van der Waals surface area contributed by atoms with Crippen LogP contribution >= 0.6 is 23.4 Å². The number of carboxylic acids is 1. The summed E-state index contributed by atoms with van der Waals surface area (Å²) in [4.78, 5) is 36.2. The molecule has 0 aliphatic carbocycles. The van der Waals surface area contributed by atoms with E-state index in [2.05, 4.69) is 0 Å². The van der Waals surface area contributed by atoms with Crippen LogP contribution in [-0.2, 0) is 9.59 Å². The Hall–Kier alpha value is -1.53. The molecule has 2 rings (SSSR count). The van der Waals surface area contributed by atoms with Crippen molar-refractivity contribution in [2.45, 2.75) is 20.3 Å². The second kappa shape index (κ2) is 6.71. The van der Waals surface area contributed by atoms with Crippen molar-refractivity contribution in [3.63, 3.8) is 0 Å². The Morgan fingerprint density at radius 3 is 2.73 bits per heavy atom. The van der Waals surface area contributed by atoms with E-state index < -0.39 is 5.97 Å². The monoisotopic (exact) mass is 341 g/mol. The first-order chi connectivity index (χ1) is 10.3. The number of benzene rings is 1. The Morgan fingerprint density at radius 1 is 1.45 bits per heavy atom. The summed E-state index contributed by atoms with van der Waals surface area (Å²) < 4.78 is 0. The largest absolute Gasteiger partial charge is 0.478 e. The molecule has 1 amide bonds. The van der Waals surface area contributed by atoms with Crippen molar-refractivity contribution in [1.29, 1.82) is 0 Å². The fraction of sp³-hybridized carbons (Fsp3) is 0.400. The van der Waals surface area contributed by atoms with Gasteiger partial charge in [0.1, 0.15) is 0 Å². The number of nitrogens with zero attached hydrogens (tertiary/aromatic N) is 1. The number of halogens is 1. The SMILES string of the molecule is CC(=O)SCC1CC(=O)N(c2c(C)cc(Cl)cc2C(=O)O)C1. The molecular formula is C15H16ClNO4S. The Morgan fingerprint density at radius 2 is 2.14 bits per heavy atom. The highest BCUT2D eigenvalue weighted by molar-refractivity contribution is 8.13. The molecule has 118 valence electrons. The van der Waals surface area contributed by atoms with Gasteiger partial charge < -0.3 is 10.0 Å². The van der Waals surface area contributed by atoms with Crippen LogP contribution in [0.15, 0.2) is 12.1 Å². The molecule has 1 aliphatic rings. The molecule has 0 saturated carbocycles. The number of aryl methyl sites for hydroxylation is 1. The van der Waals surface area contributed by atoms with Gasteiger partial charge in [-0.15, -0.1) is 0 Å². The zero-order valence-electron chi connectivity index (χ0n) is 12.3. The van der Waals surface area contributed by atoms with Crippen molar-refractivity contribution in [2.24, 2.45) is 5.92 Å². The van der Waals surface area contributed by atoms with Gasteiger partial charge in [-0.3, -0.25) is 9.59 Å². The summed E-state index contributed by atoms with van der Waals surface area (Å²) in [6, 6.07) is 3.01. The maximum absolute atomic E-state index is 12.2. The lowest BCUT2D eigenvalue weighted by atomic mass is 10.1. The van der Waals surface area contributed by atoms with Gasteiger partial charge in [-0.05, 0) is 30.5 Å². The molecule has 0 bridgehead atoms. The highest BCUT2D eigenvalue weighted by atomic mass is 35.5. The molecule has 1 aromatic carbocycles. The number of carbonyl (C=O) groups is 3. The highest BCUT2D eigenvalue weighted by Gasteiger charge is 2.34. The summed E-state index contributed by atoms with van der Waals surface area (Å²) in [5.41, 5.74) is 1.08. The Bertz CT molecular complexity index is 647. The number of rotatable bonds is 4. The van der Waals surface area contributed by atoms with Crippen molar-refractivity contribution >= 4 is 46.0 Å². The van der Waals surface area contributed by atoms with Crippen molar-refractivity contribution in [1.82, 2.24) is 0 Å². The molecular weight excluding hydrogens is 326 g/mol. The molecule has 1 atom stereocenters. The lowest BCUT2D eigenvalue weighted by molar-refractivity contribution is -0.117. The molecule has 22 heavy (non-hydrogen) atoms. The number of hydrogen-bond acceptors (Lipinski definition) is 4. The molecule has 5 nitrogen and oxygen atoms in total. The molecule has 1 unspecified atom stereocenters. The van der Waals surface area contributed by atoms with E-state index in [-0.39, 0.29) is 22.5 Å². The predicted octanol–water partition coefficient (Wildman–Crippen LogP) is 2.98. The maximum atomic E-state index is 12.2. The molecule has 7 heteroatoms. The van der Waals surface area contributed by atoms with Crippen LogP contribution in [0.4, 0.5) is 5.69 Å². The number of carboxylic acid groups (broad SMARTS) is 1. The van der Waals surface area contributed by atoms with Gasteiger partial charge in [-0.2, -0.15) is 0 Å². The second-order valence-corrected chi connectivity index (χ2v) is 6.93. The van der Waals surface area contributed by atoms with Gasteiger partial charge in [0.05, 0.1) is 11.3 Å². The van der Waals surface area contributed by atoms with E-state index in [1.807, 2.05) is 0 Å². The number of anilines is 1. The first-order valence-electron chi connectivity index (χ1n) is 6.76. The molecule has 0 spiro atoms. The number of amides is 1. The van der Waals surface area contributed by atoms with Gasteiger partial charge >= 0.3 is 5.97 Å². The minimum Gasteiger partial charge on any atom is -0.478 e. The third-order valence-corrected chi connectivity index (χ3v) is 4.76. The minimum atomic E-state index is -1.12. The van der Waals surface area contributed by atoms with Crippen LogP contribution in [0.25, 0.3) is 0 Å². The van der Waals surface area contributed by atoms with Gasteiger partial charge in [0.15, 0.2) is 5.12 Å². The molecule has 1 saturated heterocycles. The van der Waals surface area contributed by atoms with E-state index in [0.29, 0.717) is 35.0 Å². The number of carbonyl (C=O) groups excluding carboxylic acids is 2. The van der Waals surface area contributed by atoms with E-state index >= 15 is 0 Å². The van der Waals surface area contributed by atoms with Crippen LogP contribution in [0, 0.1) is 12.8 Å². The van der Waals surface area contributed by atoms with Crippen molar-refractivity contribution < 1.29 is 19.5 Å². The van der Waals surface area contributed by atoms with Crippen LogP contribution in [0.2, 0.25) is 5.02 Å². The van der Waals surface area contributed by atoms with Gasteiger partial charge in [0.25, 0.3) is 0 Å². The van der Waals surface area contributed by atoms with Crippen molar-refractivity contribution in [3.8, 4) is 0 Å². The van der Waals surface area contributed by atoms with Gasteiger partial charge in [0.2, 0.25) is 5.91 Å². The summed E-state index contributed by atoms with van der Waals surface area (Å²) >= 11 is 7.10. The topological polar surface area (TPSA) is 74.7 Å². The maximum Gasteiger partial charge on any atom is 0.337 e. The normalized spacial score (nSPS) is 17.9. The smallest absolute Gasteiger partial charge is 0.337 e. The third-order valence-electron chi connectivity index (χ3n) is 3.49. The van der Waals surface area contributed by atoms with Crippen LogP contribution in [-0.4, -0.2) is 34.4 Å². The van der Waals surface area contributed by atoms with Crippen LogP contribution in [0.5, 0.6) is 0 Å². The fourth-order valence-electron chi connectivity index (χ4n) is 2.60. The standard InChI is InChI=1S/C15H16ClNO4S/c1-8-3-11(16)5-12(15(20)21)14(8)17-6-10(4-13(17)19)7-22-9(2)18/h3,5,10H,4,6-7H2,1-2H3,(H,20,21). The number of hydrogen-bond donors (Lipinski definition) is 1. The first kappa shape index (κ1) is 16.8. The minimum absolute atomic E-state index is 0.0137. The first-order valence-corrected chi connectivity index (χ1v) is 8.13. The molecule has 0 radical (unpaired) electrons. The third kappa shape index (κ3) is 3.62. The second-order valence-electron chi connectivity index (χ2n) is 5.30. The number of aromatic carboxylic acids is 1. The average Bonchev–Trinajstić information content (AvgIpc) is 2.76. The lowest BCUT2D eigenvalue weighted by Crippen LogP contribution is -2.27. The van der Waals surface area contributed by atoms with E-state index in [0.717, 1.165) is 0 Å². The van der Waals surface area contributed by atoms with Gasteiger partial charge in [-0.1, -0.05) is 23.4 Å². The summed E-state index contributed by atoms with van der Waals surface area (Å²) in [5.74, 6) is -0.637. The molecule has 1 fully saturated rings. The van der Waals surface area contributed by atoms with Crippen molar-refractivity contribution in [2.75, 3.05) is 17.2 Å². The Balaban J connectivity index is 2.30. The molecule has 1 aliphatic heterocycles. The summed E-state index contributed by atoms with van der Waals surface area (Å²) in [7, 11) is 0. The summed E-state index contributed by atoms with van der Waals surface area (Å²) in [5, 5.41) is 9.70. The summed E-state index contributed by atoms with van der Waals surface area (Å²) in [6.07, 6.45) is 0.321.